The minimum absolute atomic E-state index is 0.225. The van der Waals surface area contributed by atoms with Crippen LogP contribution in [0, 0.1) is 0 Å². The fraction of sp³-hybridized carbons (Fsp3) is 0.421. The van der Waals surface area contributed by atoms with Crippen molar-refractivity contribution in [2.75, 3.05) is 67.8 Å². The zero-order valence-electron chi connectivity index (χ0n) is 16.4. The molecule has 3 heterocycles. The molecule has 1 aromatic heterocycles. The van der Waals surface area contributed by atoms with E-state index in [-0.39, 0.29) is 5.56 Å². The number of carboxylic acid groups (broad SMARTS) is 1. The molecule has 0 atom stereocenters. The summed E-state index contributed by atoms with van der Waals surface area (Å²) >= 11 is 0. The van der Waals surface area contributed by atoms with Gasteiger partial charge in [-0.1, -0.05) is 12.1 Å². The van der Waals surface area contributed by atoms with Crippen molar-refractivity contribution in [1.82, 2.24) is 15.0 Å². The first-order valence-corrected chi connectivity index (χ1v) is 9.73. The first-order valence-electron chi connectivity index (χ1n) is 9.73. The SMILES string of the molecule is O=C(O)c1ccc(C=NNc2nc(N3CCOCC3)nc(N3CCOCC3)n2)cc1. The molecule has 0 amide bonds. The van der Waals surface area contributed by atoms with Crippen LogP contribution in [0.1, 0.15) is 15.9 Å². The van der Waals surface area contributed by atoms with Crippen molar-refractivity contribution in [2.45, 2.75) is 0 Å². The fourth-order valence-corrected chi connectivity index (χ4v) is 3.09. The molecular formula is C19H23N7O4. The Morgan fingerprint density at radius 1 is 0.933 bits per heavy atom. The van der Waals surface area contributed by atoms with Crippen molar-refractivity contribution in [3.8, 4) is 0 Å². The van der Waals surface area contributed by atoms with Crippen LogP contribution >= 0.6 is 0 Å². The predicted octanol–water partition coefficient (Wildman–Crippen LogP) is 0.689. The number of hydrogen-bond acceptors (Lipinski definition) is 10. The summed E-state index contributed by atoms with van der Waals surface area (Å²) in [7, 11) is 0. The van der Waals surface area contributed by atoms with Crippen LogP contribution in [0.3, 0.4) is 0 Å². The van der Waals surface area contributed by atoms with Gasteiger partial charge in [-0.3, -0.25) is 0 Å². The predicted molar refractivity (Wildman–Crippen MR) is 111 cm³/mol. The van der Waals surface area contributed by atoms with Gasteiger partial charge in [0.2, 0.25) is 17.8 Å². The molecule has 2 fully saturated rings. The van der Waals surface area contributed by atoms with Gasteiger partial charge < -0.3 is 24.4 Å². The second kappa shape index (κ2) is 9.46. The first-order chi connectivity index (χ1) is 14.7. The number of hydrogen-bond donors (Lipinski definition) is 2. The number of morpholine rings is 2. The van der Waals surface area contributed by atoms with Crippen LogP contribution < -0.4 is 15.2 Å². The van der Waals surface area contributed by atoms with E-state index in [1.54, 1.807) is 18.3 Å². The maximum atomic E-state index is 10.9. The molecule has 0 spiro atoms. The number of anilines is 3. The van der Waals surface area contributed by atoms with Crippen molar-refractivity contribution in [2.24, 2.45) is 5.10 Å². The molecular weight excluding hydrogens is 390 g/mol. The summed E-state index contributed by atoms with van der Waals surface area (Å²) in [6.45, 7) is 5.38. The van der Waals surface area contributed by atoms with Crippen LogP contribution in [-0.2, 0) is 9.47 Å². The topological polar surface area (TPSA) is 125 Å². The number of nitrogens with zero attached hydrogens (tertiary/aromatic N) is 6. The highest BCUT2D eigenvalue weighted by Gasteiger charge is 2.20. The normalized spacial score (nSPS) is 17.3. The van der Waals surface area contributed by atoms with E-state index < -0.39 is 5.97 Å². The number of ether oxygens (including phenoxy) is 2. The Bertz CT molecular complexity index is 858. The molecule has 158 valence electrons. The number of carbonyl (C=O) groups is 1. The van der Waals surface area contributed by atoms with E-state index >= 15 is 0 Å². The van der Waals surface area contributed by atoms with Gasteiger partial charge in [-0.15, -0.1) is 0 Å². The highest BCUT2D eigenvalue weighted by molar-refractivity contribution is 5.89. The van der Waals surface area contributed by atoms with Crippen molar-refractivity contribution in [3.63, 3.8) is 0 Å². The Kier molecular flexibility index (Phi) is 6.30. The Morgan fingerprint density at radius 3 is 1.97 bits per heavy atom. The van der Waals surface area contributed by atoms with Gasteiger partial charge in [-0.05, 0) is 17.7 Å². The average Bonchev–Trinajstić information content (AvgIpc) is 2.80. The summed E-state index contributed by atoms with van der Waals surface area (Å²) in [4.78, 5) is 28.7. The molecule has 11 nitrogen and oxygen atoms in total. The van der Waals surface area contributed by atoms with Gasteiger partial charge >= 0.3 is 5.97 Å². The van der Waals surface area contributed by atoms with Gasteiger partial charge in [0.1, 0.15) is 0 Å². The van der Waals surface area contributed by atoms with Crippen molar-refractivity contribution in [1.29, 1.82) is 0 Å². The zero-order chi connectivity index (χ0) is 20.8. The first kappa shape index (κ1) is 20.0. The number of hydrazone groups is 1. The average molecular weight is 413 g/mol. The molecule has 0 unspecified atom stereocenters. The largest absolute Gasteiger partial charge is 0.478 e. The number of benzene rings is 1. The summed E-state index contributed by atoms with van der Waals surface area (Å²) in [6.07, 6.45) is 1.58. The molecule has 0 aliphatic carbocycles. The zero-order valence-corrected chi connectivity index (χ0v) is 16.4. The van der Waals surface area contributed by atoms with Crippen LogP contribution in [0.5, 0.6) is 0 Å². The molecule has 0 bridgehead atoms. The van der Waals surface area contributed by atoms with Crippen LogP contribution in [0.25, 0.3) is 0 Å². The smallest absolute Gasteiger partial charge is 0.335 e. The van der Waals surface area contributed by atoms with Gasteiger partial charge in [-0.2, -0.15) is 20.1 Å². The highest BCUT2D eigenvalue weighted by atomic mass is 16.5. The summed E-state index contributed by atoms with van der Waals surface area (Å²) in [5.74, 6) is 0.538. The van der Waals surface area contributed by atoms with E-state index in [1.165, 1.54) is 12.1 Å². The second-order valence-electron chi connectivity index (χ2n) is 6.76. The molecule has 11 heteroatoms. The standard InChI is InChI=1S/C19H23N7O4/c27-16(28)15-3-1-14(2-4-15)13-20-24-17-21-18(25-5-9-29-10-6-25)23-19(22-17)26-7-11-30-12-8-26/h1-4,13H,5-12H2,(H,27,28)(H,21,22,23,24). The lowest BCUT2D eigenvalue weighted by Crippen LogP contribution is -2.40. The van der Waals surface area contributed by atoms with Gasteiger partial charge in [0.15, 0.2) is 0 Å². The third-order valence-corrected chi connectivity index (χ3v) is 4.74. The summed E-state index contributed by atoms with van der Waals surface area (Å²) in [5.41, 5.74) is 3.84. The minimum atomic E-state index is -0.965. The third kappa shape index (κ3) is 4.99. The fourth-order valence-electron chi connectivity index (χ4n) is 3.09. The molecule has 0 radical (unpaired) electrons. The summed E-state index contributed by atoms with van der Waals surface area (Å²) < 4.78 is 10.8. The molecule has 2 saturated heterocycles. The maximum absolute atomic E-state index is 10.9. The number of aromatic nitrogens is 3. The number of aromatic carboxylic acids is 1. The van der Waals surface area contributed by atoms with E-state index in [2.05, 4.69) is 35.3 Å². The molecule has 0 saturated carbocycles. The summed E-state index contributed by atoms with van der Waals surface area (Å²) in [6, 6.07) is 6.42. The summed E-state index contributed by atoms with van der Waals surface area (Å²) in [5, 5.41) is 13.2. The molecule has 2 aliphatic heterocycles. The lowest BCUT2D eigenvalue weighted by Gasteiger charge is -2.30. The monoisotopic (exact) mass is 413 g/mol. The van der Waals surface area contributed by atoms with E-state index in [9.17, 15) is 4.79 Å². The Balaban J connectivity index is 1.52. The molecule has 1 aromatic carbocycles. The maximum Gasteiger partial charge on any atom is 0.335 e. The van der Waals surface area contributed by atoms with E-state index in [0.717, 1.165) is 5.56 Å². The van der Waals surface area contributed by atoms with Gasteiger partial charge in [0.05, 0.1) is 38.2 Å². The Morgan fingerprint density at radius 2 is 1.47 bits per heavy atom. The van der Waals surface area contributed by atoms with Gasteiger partial charge in [0.25, 0.3) is 0 Å². The Labute approximate surface area is 173 Å². The van der Waals surface area contributed by atoms with E-state index in [4.69, 9.17) is 14.6 Å². The molecule has 2 aromatic rings. The number of rotatable bonds is 6. The van der Waals surface area contributed by atoms with Crippen LogP contribution in [0.4, 0.5) is 17.8 Å². The van der Waals surface area contributed by atoms with E-state index in [1.807, 2.05) is 0 Å². The second-order valence-corrected chi connectivity index (χ2v) is 6.76. The minimum Gasteiger partial charge on any atom is -0.478 e. The lowest BCUT2D eigenvalue weighted by molar-refractivity contribution is 0.0697. The third-order valence-electron chi connectivity index (χ3n) is 4.74. The quantitative estimate of drug-likeness (QED) is 0.516. The molecule has 2 N–H and O–H groups in total. The van der Waals surface area contributed by atoms with Crippen molar-refractivity contribution in [3.05, 3.63) is 35.4 Å². The van der Waals surface area contributed by atoms with Crippen LogP contribution in [-0.4, -0.2) is 84.8 Å². The highest BCUT2D eigenvalue weighted by Crippen LogP contribution is 2.18. The lowest BCUT2D eigenvalue weighted by atomic mass is 10.1. The van der Waals surface area contributed by atoms with E-state index in [0.29, 0.717) is 70.5 Å². The van der Waals surface area contributed by atoms with Crippen LogP contribution in [0.15, 0.2) is 29.4 Å². The molecule has 4 rings (SSSR count). The molecule has 30 heavy (non-hydrogen) atoms. The van der Waals surface area contributed by atoms with Crippen LogP contribution in [0.2, 0.25) is 0 Å². The Hall–Kier alpha value is -3.31. The van der Waals surface area contributed by atoms with Gasteiger partial charge in [-0.25, -0.2) is 10.2 Å². The van der Waals surface area contributed by atoms with Gasteiger partial charge in [0, 0.05) is 26.2 Å². The number of nitrogens with one attached hydrogen (secondary N) is 1. The van der Waals surface area contributed by atoms with Crippen molar-refractivity contribution >= 4 is 30.0 Å². The van der Waals surface area contributed by atoms with Crippen molar-refractivity contribution < 1.29 is 19.4 Å². The number of carboxylic acids is 1. The molecule has 2 aliphatic rings.